The third kappa shape index (κ3) is 3.52. The average molecular weight is 303 g/mol. The van der Waals surface area contributed by atoms with Gasteiger partial charge in [-0.25, -0.2) is 8.42 Å². The summed E-state index contributed by atoms with van der Waals surface area (Å²) in [7, 11) is -3.15. The maximum Gasteiger partial charge on any atom is 0.175 e. The van der Waals surface area contributed by atoms with Gasteiger partial charge in [0.25, 0.3) is 0 Å². The van der Waals surface area contributed by atoms with Gasteiger partial charge in [0.1, 0.15) is 0 Å². The first kappa shape index (κ1) is 15.7. The molecule has 0 radical (unpaired) electrons. The molecule has 4 heteroatoms. The van der Waals surface area contributed by atoms with Gasteiger partial charge in [0.05, 0.1) is 4.90 Å². The SMILES string of the molecule is CC(C)(CN)c1ccc(-c2ccc(S(C)(=O)=O)cc2)cc1. The standard InChI is InChI=1S/C17H21NO2S/c1-17(2,12-18)15-8-4-13(5-9-15)14-6-10-16(11-7-14)21(3,19)20/h4-11H,12,18H2,1-3H3. The van der Waals surface area contributed by atoms with Crippen molar-refractivity contribution in [1.82, 2.24) is 0 Å². The molecule has 0 heterocycles. The molecule has 2 rings (SSSR count). The smallest absolute Gasteiger partial charge is 0.175 e. The lowest BCUT2D eigenvalue weighted by atomic mass is 9.84. The summed E-state index contributed by atoms with van der Waals surface area (Å²) >= 11 is 0. The van der Waals surface area contributed by atoms with Crippen molar-refractivity contribution in [2.24, 2.45) is 5.73 Å². The second-order valence-electron chi connectivity index (χ2n) is 5.96. The molecule has 21 heavy (non-hydrogen) atoms. The zero-order chi connectivity index (χ0) is 15.7. The Balaban J connectivity index is 2.31. The van der Waals surface area contributed by atoms with E-state index >= 15 is 0 Å². The second kappa shape index (κ2) is 5.62. The summed E-state index contributed by atoms with van der Waals surface area (Å²) in [5, 5.41) is 0. The van der Waals surface area contributed by atoms with Gasteiger partial charge in [0.2, 0.25) is 0 Å². The molecule has 0 aliphatic carbocycles. The molecule has 0 fully saturated rings. The van der Waals surface area contributed by atoms with Gasteiger partial charge in [0, 0.05) is 18.2 Å². The summed E-state index contributed by atoms with van der Waals surface area (Å²) in [4.78, 5) is 0.340. The van der Waals surface area contributed by atoms with Crippen molar-refractivity contribution >= 4 is 9.84 Å². The largest absolute Gasteiger partial charge is 0.330 e. The summed E-state index contributed by atoms with van der Waals surface area (Å²) < 4.78 is 22.9. The van der Waals surface area contributed by atoms with Crippen LogP contribution < -0.4 is 5.73 Å². The minimum atomic E-state index is -3.15. The van der Waals surface area contributed by atoms with Crippen molar-refractivity contribution in [1.29, 1.82) is 0 Å². The number of hydrogen-bond acceptors (Lipinski definition) is 3. The predicted octanol–water partition coefficient (Wildman–Crippen LogP) is 2.99. The molecule has 2 aromatic carbocycles. The normalized spacial score (nSPS) is 12.4. The lowest BCUT2D eigenvalue weighted by molar-refractivity contribution is 0.539. The summed E-state index contributed by atoms with van der Waals surface area (Å²) in [5.74, 6) is 0. The molecule has 3 nitrogen and oxygen atoms in total. The van der Waals surface area contributed by atoms with E-state index in [9.17, 15) is 8.42 Å². The van der Waals surface area contributed by atoms with Gasteiger partial charge in [0.15, 0.2) is 9.84 Å². The van der Waals surface area contributed by atoms with Crippen molar-refractivity contribution in [3.05, 3.63) is 54.1 Å². The summed E-state index contributed by atoms with van der Waals surface area (Å²) in [6.07, 6.45) is 1.21. The number of sulfone groups is 1. The van der Waals surface area contributed by atoms with Crippen LogP contribution in [0.4, 0.5) is 0 Å². The first-order valence-electron chi connectivity index (χ1n) is 6.85. The topological polar surface area (TPSA) is 60.2 Å². The molecular weight excluding hydrogens is 282 g/mol. The fraction of sp³-hybridized carbons (Fsp3) is 0.294. The second-order valence-corrected chi connectivity index (χ2v) is 7.98. The van der Waals surface area contributed by atoms with E-state index in [0.717, 1.165) is 11.1 Å². The maximum atomic E-state index is 11.5. The van der Waals surface area contributed by atoms with E-state index in [0.29, 0.717) is 11.4 Å². The van der Waals surface area contributed by atoms with Crippen LogP contribution in [-0.4, -0.2) is 21.2 Å². The monoisotopic (exact) mass is 303 g/mol. The van der Waals surface area contributed by atoms with E-state index in [-0.39, 0.29) is 5.41 Å². The van der Waals surface area contributed by atoms with Crippen LogP contribution in [0.3, 0.4) is 0 Å². The van der Waals surface area contributed by atoms with E-state index in [1.807, 2.05) is 24.3 Å². The maximum absolute atomic E-state index is 11.5. The van der Waals surface area contributed by atoms with E-state index in [1.54, 1.807) is 12.1 Å². The molecule has 0 unspecified atom stereocenters. The molecule has 0 saturated carbocycles. The highest BCUT2D eigenvalue weighted by Crippen LogP contribution is 2.26. The lowest BCUT2D eigenvalue weighted by Gasteiger charge is -2.23. The first-order chi connectivity index (χ1) is 9.74. The molecule has 112 valence electrons. The third-order valence-electron chi connectivity index (χ3n) is 3.79. The van der Waals surface area contributed by atoms with Crippen LogP contribution in [0.1, 0.15) is 19.4 Å². The predicted molar refractivity (Wildman–Crippen MR) is 87.1 cm³/mol. The molecule has 0 spiro atoms. The molecule has 0 aliphatic rings. The van der Waals surface area contributed by atoms with Crippen LogP contribution >= 0.6 is 0 Å². The van der Waals surface area contributed by atoms with Gasteiger partial charge in [-0.2, -0.15) is 0 Å². The summed E-state index contributed by atoms with van der Waals surface area (Å²) in [5.41, 5.74) is 9.00. The first-order valence-corrected chi connectivity index (χ1v) is 8.74. The van der Waals surface area contributed by atoms with Crippen LogP contribution in [0.25, 0.3) is 11.1 Å². The van der Waals surface area contributed by atoms with E-state index in [1.165, 1.54) is 11.8 Å². The number of benzene rings is 2. The third-order valence-corrected chi connectivity index (χ3v) is 4.92. The van der Waals surface area contributed by atoms with E-state index in [4.69, 9.17) is 5.73 Å². The zero-order valence-corrected chi connectivity index (χ0v) is 13.4. The Labute approximate surface area is 126 Å². The molecule has 0 amide bonds. The Morgan fingerprint density at radius 3 is 1.71 bits per heavy atom. The number of hydrogen-bond donors (Lipinski definition) is 1. The fourth-order valence-corrected chi connectivity index (χ4v) is 2.76. The van der Waals surface area contributed by atoms with Gasteiger partial charge >= 0.3 is 0 Å². The number of nitrogens with two attached hydrogens (primary N) is 1. The highest BCUT2D eigenvalue weighted by molar-refractivity contribution is 7.90. The molecule has 0 aromatic heterocycles. The van der Waals surface area contributed by atoms with Crippen LogP contribution in [0.15, 0.2) is 53.4 Å². The van der Waals surface area contributed by atoms with Gasteiger partial charge < -0.3 is 5.73 Å². The van der Waals surface area contributed by atoms with Crippen molar-refractivity contribution in [2.45, 2.75) is 24.2 Å². The Morgan fingerprint density at radius 2 is 1.33 bits per heavy atom. The average Bonchev–Trinajstić information content (AvgIpc) is 2.47. The minimum Gasteiger partial charge on any atom is -0.330 e. The molecule has 2 N–H and O–H groups in total. The molecular formula is C17H21NO2S. The van der Waals surface area contributed by atoms with Crippen LogP contribution in [-0.2, 0) is 15.3 Å². The Kier molecular flexibility index (Phi) is 4.21. The molecule has 0 bridgehead atoms. The Hall–Kier alpha value is -1.65. The van der Waals surface area contributed by atoms with Crippen molar-refractivity contribution < 1.29 is 8.42 Å². The van der Waals surface area contributed by atoms with Crippen LogP contribution in [0, 0.1) is 0 Å². The van der Waals surface area contributed by atoms with Gasteiger partial charge in [-0.1, -0.05) is 50.2 Å². The highest BCUT2D eigenvalue weighted by Gasteiger charge is 2.18. The Bertz CT molecular complexity index is 714. The highest BCUT2D eigenvalue weighted by atomic mass is 32.2. The van der Waals surface area contributed by atoms with Crippen LogP contribution in [0.5, 0.6) is 0 Å². The molecule has 0 saturated heterocycles. The van der Waals surface area contributed by atoms with Gasteiger partial charge in [-0.15, -0.1) is 0 Å². The van der Waals surface area contributed by atoms with Crippen molar-refractivity contribution in [3.63, 3.8) is 0 Å². The molecule has 0 aliphatic heterocycles. The fourth-order valence-electron chi connectivity index (χ4n) is 2.13. The summed E-state index contributed by atoms with van der Waals surface area (Å²) in [6.45, 7) is 4.82. The Morgan fingerprint density at radius 1 is 0.905 bits per heavy atom. The van der Waals surface area contributed by atoms with Crippen molar-refractivity contribution in [3.8, 4) is 11.1 Å². The lowest BCUT2D eigenvalue weighted by Crippen LogP contribution is -2.27. The number of rotatable bonds is 4. The van der Waals surface area contributed by atoms with Gasteiger partial charge in [-0.05, 0) is 28.8 Å². The molecule has 0 atom stereocenters. The van der Waals surface area contributed by atoms with Crippen LogP contribution in [0.2, 0.25) is 0 Å². The molecule has 2 aromatic rings. The van der Waals surface area contributed by atoms with Crippen molar-refractivity contribution in [2.75, 3.05) is 12.8 Å². The van der Waals surface area contributed by atoms with Gasteiger partial charge in [-0.3, -0.25) is 0 Å². The minimum absolute atomic E-state index is 0.0430. The van der Waals surface area contributed by atoms with E-state index in [2.05, 4.69) is 26.0 Å². The van der Waals surface area contributed by atoms with E-state index < -0.39 is 9.84 Å². The quantitative estimate of drug-likeness (QED) is 0.944. The zero-order valence-electron chi connectivity index (χ0n) is 12.6. The summed E-state index contributed by atoms with van der Waals surface area (Å²) in [6, 6.07) is 15.2.